The predicted octanol–water partition coefficient (Wildman–Crippen LogP) is 3.53. The summed E-state index contributed by atoms with van der Waals surface area (Å²) in [7, 11) is 2.02. The molecule has 0 spiro atoms. The lowest BCUT2D eigenvalue weighted by Crippen LogP contribution is -2.54. The Labute approximate surface area is 193 Å². The molecule has 33 heavy (non-hydrogen) atoms. The van der Waals surface area contributed by atoms with Crippen LogP contribution in [0.2, 0.25) is 0 Å². The Morgan fingerprint density at radius 2 is 1.73 bits per heavy atom. The van der Waals surface area contributed by atoms with E-state index < -0.39 is 24.0 Å². The number of aromatic nitrogens is 2. The molecule has 2 aliphatic rings. The van der Waals surface area contributed by atoms with E-state index in [1.165, 1.54) is 10.2 Å². The molecule has 0 amide bonds. The summed E-state index contributed by atoms with van der Waals surface area (Å²) in [4.78, 5) is 15.4. The Morgan fingerprint density at radius 3 is 2.39 bits per heavy atom. The van der Waals surface area contributed by atoms with E-state index in [9.17, 15) is 15.0 Å². The first-order valence-corrected chi connectivity index (χ1v) is 11.4. The number of rotatable bonds is 3. The highest BCUT2D eigenvalue weighted by Crippen LogP contribution is 2.50. The molecule has 6 nitrogen and oxygen atoms in total. The number of nitrogens with zero attached hydrogens (tertiary/aromatic N) is 2. The molecule has 0 bridgehead atoms. The monoisotopic (exact) mass is 445 g/mol. The van der Waals surface area contributed by atoms with Crippen LogP contribution in [-0.2, 0) is 5.41 Å². The van der Waals surface area contributed by atoms with Gasteiger partial charge in [0.25, 0.3) is 5.56 Å². The summed E-state index contributed by atoms with van der Waals surface area (Å²) < 4.78 is 1.49. The van der Waals surface area contributed by atoms with E-state index in [-0.39, 0.29) is 11.0 Å². The third-order valence-electron chi connectivity index (χ3n) is 7.53. The fourth-order valence-corrected chi connectivity index (χ4v) is 5.66. The van der Waals surface area contributed by atoms with Gasteiger partial charge in [-0.3, -0.25) is 9.89 Å². The molecular weight excluding hydrogens is 414 g/mol. The minimum absolute atomic E-state index is 0.224. The largest absolute Gasteiger partial charge is 0.392 e. The molecule has 1 aliphatic heterocycles. The number of fused-ring (bicyclic) bond motifs is 1. The van der Waals surface area contributed by atoms with Crippen LogP contribution in [0.4, 0.5) is 5.69 Å². The van der Waals surface area contributed by atoms with Gasteiger partial charge in [0, 0.05) is 46.9 Å². The molecule has 3 N–H and O–H groups in total. The molecule has 3 aromatic rings. The average Bonchev–Trinajstić information content (AvgIpc) is 3.17. The summed E-state index contributed by atoms with van der Waals surface area (Å²) in [6.07, 6.45) is 0.314. The van der Waals surface area contributed by atoms with Crippen molar-refractivity contribution < 1.29 is 10.2 Å². The van der Waals surface area contributed by atoms with Gasteiger partial charge in [-0.05, 0) is 43.2 Å². The van der Waals surface area contributed by atoms with Crippen LogP contribution in [0.15, 0.2) is 65.1 Å². The lowest BCUT2D eigenvalue weighted by atomic mass is 9.65. The van der Waals surface area contributed by atoms with Crippen molar-refractivity contribution in [2.24, 2.45) is 5.92 Å². The summed E-state index contributed by atoms with van der Waals surface area (Å²) in [5.41, 5.74) is 5.85. The van der Waals surface area contributed by atoms with Crippen molar-refractivity contribution in [1.82, 2.24) is 9.78 Å². The number of hydrogen-bond donors (Lipinski definition) is 3. The van der Waals surface area contributed by atoms with E-state index in [1.807, 2.05) is 63.4 Å². The standard InChI is InChI=1S/C27H31N3O3/c1-15-9-8-10-17(13-15)30-26(33)22(16(2)28-30)23-24(31)18(25(23)32)14-21-27(3,4)19-11-6-7-12-20(19)29(21)5/h6-14,18,23-25,28,31-32H,1-5H3/b21-14+. The van der Waals surface area contributed by atoms with E-state index in [0.717, 1.165) is 22.6 Å². The predicted molar refractivity (Wildman–Crippen MR) is 130 cm³/mol. The number of benzene rings is 2. The van der Waals surface area contributed by atoms with Crippen molar-refractivity contribution in [1.29, 1.82) is 0 Å². The van der Waals surface area contributed by atoms with Gasteiger partial charge in [-0.2, -0.15) is 0 Å². The molecule has 1 fully saturated rings. The van der Waals surface area contributed by atoms with Crippen molar-refractivity contribution >= 4 is 5.69 Å². The van der Waals surface area contributed by atoms with Crippen molar-refractivity contribution in [3.63, 3.8) is 0 Å². The summed E-state index contributed by atoms with van der Waals surface area (Å²) >= 11 is 0. The zero-order chi connectivity index (χ0) is 23.7. The highest BCUT2D eigenvalue weighted by Gasteiger charge is 2.52. The number of aromatic amines is 1. The van der Waals surface area contributed by atoms with Crippen LogP contribution < -0.4 is 10.5 Å². The Balaban J connectivity index is 1.47. The third-order valence-corrected chi connectivity index (χ3v) is 7.53. The number of allylic oxidation sites excluding steroid dienone is 1. The van der Waals surface area contributed by atoms with Gasteiger partial charge in [0.05, 0.1) is 17.9 Å². The normalized spacial score (nSPS) is 27.0. The molecular formula is C27H31N3O3. The molecule has 6 heteroatoms. The highest BCUT2D eigenvalue weighted by molar-refractivity contribution is 5.69. The molecule has 0 radical (unpaired) electrons. The first-order chi connectivity index (χ1) is 15.6. The van der Waals surface area contributed by atoms with Crippen molar-refractivity contribution in [3.8, 4) is 5.69 Å². The zero-order valence-electron chi connectivity index (χ0n) is 19.7. The summed E-state index contributed by atoms with van der Waals surface area (Å²) in [5.74, 6) is -1.07. The van der Waals surface area contributed by atoms with Crippen LogP contribution in [0.5, 0.6) is 0 Å². The van der Waals surface area contributed by atoms with E-state index >= 15 is 0 Å². The molecule has 2 atom stereocenters. The molecule has 1 saturated carbocycles. The molecule has 2 aromatic carbocycles. The van der Waals surface area contributed by atoms with Crippen molar-refractivity contribution in [2.75, 3.05) is 11.9 Å². The van der Waals surface area contributed by atoms with Gasteiger partial charge >= 0.3 is 0 Å². The highest BCUT2D eigenvalue weighted by atomic mass is 16.3. The topological polar surface area (TPSA) is 81.5 Å². The van der Waals surface area contributed by atoms with Crippen LogP contribution in [0.1, 0.15) is 42.1 Å². The minimum atomic E-state index is -0.839. The second-order valence-electron chi connectivity index (χ2n) is 9.97. The van der Waals surface area contributed by atoms with Crippen LogP contribution in [0.3, 0.4) is 0 Å². The van der Waals surface area contributed by atoms with Gasteiger partial charge in [0.15, 0.2) is 0 Å². The number of likely N-dealkylation sites (N-methyl/N-ethyl adjacent to an activating group) is 1. The van der Waals surface area contributed by atoms with Gasteiger partial charge < -0.3 is 15.1 Å². The zero-order valence-corrected chi connectivity index (χ0v) is 19.7. The number of hydrogen-bond acceptors (Lipinski definition) is 4. The quantitative estimate of drug-likeness (QED) is 0.576. The first-order valence-electron chi connectivity index (χ1n) is 11.4. The van der Waals surface area contributed by atoms with Gasteiger partial charge in [-0.1, -0.05) is 50.3 Å². The lowest BCUT2D eigenvalue weighted by Gasteiger charge is -2.45. The number of para-hydroxylation sites is 1. The van der Waals surface area contributed by atoms with Crippen LogP contribution in [-0.4, -0.2) is 39.2 Å². The van der Waals surface area contributed by atoms with Crippen LogP contribution >= 0.6 is 0 Å². The maximum atomic E-state index is 13.3. The first kappa shape index (κ1) is 21.7. The van der Waals surface area contributed by atoms with Crippen LogP contribution in [0.25, 0.3) is 5.69 Å². The number of H-pyrrole nitrogens is 1. The number of aryl methyl sites for hydroxylation is 2. The molecule has 1 aromatic heterocycles. The fraction of sp³-hybridized carbons (Fsp3) is 0.370. The number of aliphatic hydroxyl groups is 2. The third kappa shape index (κ3) is 3.12. The SMILES string of the molecule is Cc1cccc(-n2[nH]c(C)c(C3C(O)C(/C=C4/N(C)c5ccccc5C4(C)C)C3O)c2=O)c1. The van der Waals surface area contributed by atoms with E-state index in [1.54, 1.807) is 0 Å². The van der Waals surface area contributed by atoms with E-state index in [0.29, 0.717) is 11.3 Å². The van der Waals surface area contributed by atoms with Crippen molar-refractivity contribution in [3.05, 3.63) is 93.0 Å². The summed E-state index contributed by atoms with van der Waals surface area (Å²) in [5, 5.41) is 25.4. The number of anilines is 1. The average molecular weight is 446 g/mol. The molecule has 1 aliphatic carbocycles. The maximum Gasteiger partial charge on any atom is 0.275 e. The number of nitrogens with one attached hydrogen (secondary N) is 1. The molecule has 2 unspecified atom stereocenters. The maximum absolute atomic E-state index is 13.3. The van der Waals surface area contributed by atoms with E-state index in [4.69, 9.17) is 0 Å². The Bertz CT molecular complexity index is 1310. The molecule has 172 valence electrons. The van der Waals surface area contributed by atoms with Gasteiger partial charge in [0.2, 0.25) is 0 Å². The summed E-state index contributed by atoms with van der Waals surface area (Å²) in [6.45, 7) is 8.11. The second-order valence-corrected chi connectivity index (χ2v) is 9.97. The molecule has 5 rings (SSSR count). The number of aliphatic hydroxyl groups excluding tert-OH is 2. The van der Waals surface area contributed by atoms with E-state index in [2.05, 4.69) is 36.0 Å². The van der Waals surface area contributed by atoms with Crippen molar-refractivity contribution in [2.45, 2.75) is 51.2 Å². The lowest BCUT2D eigenvalue weighted by molar-refractivity contribution is -0.0952. The molecule has 2 heterocycles. The minimum Gasteiger partial charge on any atom is -0.392 e. The van der Waals surface area contributed by atoms with Gasteiger partial charge in [0.1, 0.15) is 0 Å². The smallest absolute Gasteiger partial charge is 0.275 e. The van der Waals surface area contributed by atoms with Crippen LogP contribution in [0, 0.1) is 19.8 Å². The Kier molecular flexibility index (Phi) is 4.92. The molecule has 0 saturated heterocycles. The summed E-state index contributed by atoms with van der Waals surface area (Å²) in [6, 6.07) is 15.9. The second kappa shape index (κ2) is 7.47. The van der Waals surface area contributed by atoms with Gasteiger partial charge in [-0.15, -0.1) is 0 Å². The van der Waals surface area contributed by atoms with Gasteiger partial charge in [-0.25, -0.2) is 4.68 Å². The Morgan fingerprint density at radius 1 is 1.03 bits per heavy atom. The fourth-order valence-electron chi connectivity index (χ4n) is 5.66. The Hall–Kier alpha value is -3.09.